The van der Waals surface area contributed by atoms with Crippen molar-refractivity contribution >= 4 is 40.0 Å². The zero-order valence-electron chi connectivity index (χ0n) is 17.9. The van der Waals surface area contributed by atoms with Crippen LogP contribution in [-0.4, -0.2) is 50.6 Å². The molecule has 0 spiro atoms. The summed E-state index contributed by atoms with van der Waals surface area (Å²) >= 11 is 12.7. The highest BCUT2D eigenvalue weighted by molar-refractivity contribution is 6.37. The summed E-state index contributed by atoms with van der Waals surface area (Å²) in [6, 6.07) is 3.30. The first-order valence-corrected chi connectivity index (χ1v) is 11.6. The summed E-state index contributed by atoms with van der Waals surface area (Å²) in [6.45, 7) is 2.26. The molecule has 1 aromatic heterocycles. The van der Waals surface area contributed by atoms with Gasteiger partial charge in [-0.2, -0.15) is 18.3 Å². The van der Waals surface area contributed by atoms with Crippen molar-refractivity contribution in [1.82, 2.24) is 14.7 Å². The van der Waals surface area contributed by atoms with Crippen LogP contribution in [0.5, 0.6) is 0 Å². The van der Waals surface area contributed by atoms with Gasteiger partial charge in [0.05, 0.1) is 11.9 Å². The number of benzene rings is 1. The van der Waals surface area contributed by atoms with E-state index in [9.17, 15) is 23.1 Å². The van der Waals surface area contributed by atoms with E-state index in [4.69, 9.17) is 23.2 Å². The Bertz CT molecular complexity index is 1030. The molecule has 10 heteroatoms. The van der Waals surface area contributed by atoms with Crippen LogP contribution >= 0.6 is 23.2 Å². The van der Waals surface area contributed by atoms with Crippen molar-refractivity contribution in [3.8, 4) is 0 Å². The second-order valence-corrected chi connectivity index (χ2v) is 9.80. The van der Waals surface area contributed by atoms with E-state index < -0.39 is 18.2 Å². The van der Waals surface area contributed by atoms with Gasteiger partial charge in [-0.05, 0) is 61.6 Å². The Labute approximate surface area is 194 Å². The number of halogens is 5. The third-order valence-corrected chi connectivity index (χ3v) is 8.02. The highest BCUT2D eigenvalue weighted by atomic mass is 35.5. The molecule has 1 saturated heterocycles. The van der Waals surface area contributed by atoms with Gasteiger partial charge < -0.3 is 10.0 Å². The molecule has 2 aromatic rings. The summed E-state index contributed by atoms with van der Waals surface area (Å²) in [5.41, 5.74) is 1.38. The Morgan fingerprint density at radius 3 is 2.66 bits per heavy atom. The van der Waals surface area contributed by atoms with Crippen molar-refractivity contribution in [2.75, 3.05) is 6.54 Å². The standard InChI is InChI=1S/C22H26Cl2F3N3O2/c1-11-12-4-3-5-14(20(32)22(25,26)27)13(12)8-9-30(11)18(31)10-15-16(23)6-7-17-19(15)21(24)28-29(17)2/h6-7,11-14,20,32H,3-5,8-10H2,1-2H3/t11-,12+,13+,14?,20+/m0/s1. The normalized spacial score (nSPS) is 27.4. The average Bonchev–Trinajstić information content (AvgIpc) is 3.02. The van der Waals surface area contributed by atoms with Crippen LogP contribution < -0.4 is 0 Å². The number of amides is 1. The predicted octanol–water partition coefficient (Wildman–Crippen LogP) is 5.00. The van der Waals surface area contributed by atoms with Crippen LogP contribution in [0.2, 0.25) is 10.2 Å². The fourth-order valence-corrected chi connectivity index (χ4v) is 6.39. The molecular formula is C22H26Cl2F3N3O2. The number of aliphatic hydroxyl groups is 1. The number of aliphatic hydroxyl groups excluding tert-OH is 1. The average molecular weight is 492 g/mol. The molecule has 1 N–H and O–H groups in total. The van der Waals surface area contributed by atoms with Gasteiger partial charge in [0, 0.05) is 30.0 Å². The number of alkyl halides is 3. The van der Waals surface area contributed by atoms with Gasteiger partial charge in [0.15, 0.2) is 11.3 Å². The van der Waals surface area contributed by atoms with Crippen molar-refractivity contribution in [1.29, 1.82) is 0 Å². The minimum absolute atomic E-state index is 0.0396. The minimum Gasteiger partial charge on any atom is -0.383 e. The number of carbonyl (C=O) groups excluding carboxylic acids is 1. The van der Waals surface area contributed by atoms with Gasteiger partial charge in [-0.1, -0.05) is 29.6 Å². The quantitative estimate of drug-likeness (QED) is 0.657. The lowest BCUT2D eigenvalue weighted by molar-refractivity contribution is -0.233. The number of rotatable bonds is 3. The molecule has 1 aliphatic heterocycles. The van der Waals surface area contributed by atoms with Crippen molar-refractivity contribution < 1.29 is 23.1 Å². The highest BCUT2D eigenvalue weighted by Crippen LogP contribution is 2.47. The molecule has 2 heterocycles. The number of hydrogen-bond donors (Lipinski definition) is 1. The van der Waals surface area contributed by atoms with E-state index in [1.165, 1.54) is 0 Å². The summed E-state index contributed by atoms with van der Waals surface area (Å²) in [5.74, 6) is -1.27. The van der Waals surface area contributed by atoms with Crippen LogP contribution in [0.3, 0.4) is 0 Å². The van der Waals surface area contributed by atoms with Crippen molar-refractivity contribution in [3.63, 3.8) is 0 Å². The molecule has 1 aromatic carbocycles. The predicted molar refractivity (Wildman–Crippen MR) is 117 cm³/mol. The lowest BCUT2D eigenvalue weighted by Crippen LogP contribution is -2.55. The molecule has 4 rings (SSSR count). The van der Waals surface area contributed by atoms with Gasteiger partial charge in [-0.15, -0.1) is 0 Å². The van der Waals surface area contributed by atoms with Crippen molar-refractivity contribution in [2.24, 2.45) is 24.8 Å². The number of aryl methyl sites for hydroxylation is 1. The molecule has 2 fully saturated rings. The number of aromatic nitrogens is 2. The van der Waals surface area contributed by atoms with Crippen LogP contribution in [0, 0.1) is 17.8 Å². The summed E-state index contributed by atoms with van der Waals surface area (Å²) in [5, 5.41) is 15.5. The number of hydrogen-bond acceptors (Lipinski definition) is 3. The Kier molecular flexibility index (Phi) is 6.42. The zero-order chi connectivity index (χ0) is 23.4. The van der Waals surface area contributed by atoms with Gasteiger partial charge in [0.1, 0.15) is 0 Å². The van der Waals surface area contributed by atoms with E-state index in [1.54, 1.807) is 28.8 Å². The van der Waals surface area contributed by atoms with Crippen LogP contribution in [0.4, 0.5) is 13.2 Å². The Hall–Kier alpha value is -1.51. The molecule has 1 aliphatic carbocycles. The van der Waals surface area contributed by atoms with Crippen LogP contribution in [0.1, 0.15) is 38.2 Å². The van der Waals surface area contributed by atoms with Crippen LogP contribution in [-0.2, 0) is 18.3 Å². The topological polar surface area (TPSA) is 58.4 Å². The largest absolute Gasteiger partial charge is 0.414 e. The number of nitrogens with zero attached hydrogens (tertiary/aromatic N) is 3. The SMILES string of the molecule is C[C@H]1[C@H]2CCCC([C@@H](O)C(F)(F)F)[C@@H]2CCN1C(=O)Cc1c(Cl)ccc2c1c(Cl)nn2C. The summed E-state index contributed by atoms with van der Waals surface area (Å²) in [4.78, 5) is 15.1. The lowest BCUT2D eigenvalue weighted by Gasteiger charge is -2.50. The molecule has 1 amide bonds. The molecule has 2 aliphatic rings. The zero-order valence-corrected chi connectivity index (χ0v) is 19.4. The maximum atomic E-state index is 13.3. The van der Waals surface area contributed by atoms with Gasteiger partial charge in [-0.3, -0.25) is 9.48 Å². The number of carbonyl (C=O) groups is 1. The third kappa shape index (κ3) is 4.10. The number of likely N-dealkylation sites (tertiary alicyclic amines) is 1. The van der Waals surface area contributed by atoms with E-state index >= 15 is 0 Å². The minimum atomic E-state index is -4.62. The summed E-state index contributed by atoms with van der Waals surface area (Å²) in [7, 11) is 1.76. The summed E-state index contributed by atoms with van der Waals surface area (Å²) < 4.78 is 41.2. The van der Waals surface area contributed by atoms with Crippen molar-refractivity contribution in [3.05, 3.63) is 27.9 Å². The van der Waals surface area contributed by atoms with E-state index in [0.29, 0.717) is 41.8 Å². The first-order chi connectivity index (χ1) is 15.0. The molecule has 0 radical (unpaired) electrons. The molecule has 176 valence electrons. The van der Waals surface area contributed by atoms with Gasteiger partial charge in [-0.25, -0.2) is 0 Å². The Morgan fingerprint density at radius 2 is 1.97 bits per heavy atom. The van der Waals surface area contributed by atoms with Crippen LogP contribution in [0.15, 0.2) is 12.1 Å². The molecule has 0 bridgehead atoms. The molecule has 5 atom stereocenters. The van der Waals surface area contributed by atoms with E-state index in [0.717, 1.165) is 11.9 Å². The molecule has 32 heavy (non-hydrogen) atoms. The monoisotopic (exact) mass is 491 g/mol. The fraction of sp³-hybridized carbons (Fsp3) is 0.636. The lowest BCUT2D eigenvalue weighted by atomic mass is 9.64. The smallest absolute Gasteiger partial charge is 0.383 e. The van der Waals surface area contributed by atoms with Gasteiger partial charge in [0.2, 0.25) is 5.91 Å². The molecule has 1 unspecified atom stereocenters. The van der Waals surface area contributed by atoms with Gasteiger partial charge >= 0.3 is 6.18 Å². The van der Waals surface area contributed by atoms with Gasteiger partial charge in [0.25, 0.3) is 0 Å². The molecule has 1 saturated carbocycles. The maximum Gasteiger partial charge on any atom is 0.414 e. The maximum absolute atomic E-state index is 13.3. The second-order valence-electron chi connectivity index (χ2n) is 9.04. The Balaban J connectivity index is 1.55. The third-order valence-electron chi connectivity index (χ3n) is 7.41. The Morgan fingerprint density at radius 1 is 1.25 bits per heavy atom. The molecule has 5 nitrogen and oxygen atoms in total. The first-order valence-electron chi connectivity index (χ1n) is 10.8. The van der Waals surface area contributed by atoms with E-state index in [2.05, 4.69) is 5.10 Å². The van der Waals surface area contributed by atoms with E-state index in [1.807, 2.05) is 6.92 Å². The number of piperidine rings is 1. The second kappa shape index (κ2) is 8.69. The highest BCUT2D eigenvalue weighted by Gasteiger charge is 2.51. The molecular weight excluding hydrogens is 466 g/mol. The van der Waals surface area contributed by atoms with E-state index in [-0.39, 0.29) is 35.4 Å². The number of fused-ring (bicyclic) bond motifs is 2. The fourth-order valence-electron chi connectivity index (χ4n) is 5.84. The first kappa shape index (κ1) is 23.6. The summed E-state index contributed by atoms with van der Waals surface area (Å²) in [6.07, 6.45) is -4.72. The van der Waals surface area contributed by atoms with Crippen LogP contribution in [0.25, 0.3) is 10.9 Å². The van der Waals surface area contributed by atoms with Crippen molar-refractivity contribution in [2.45, 2.75) is 57.3 Å².